The number of carboxylic acids is 1. The van der Waals surface area contributed by atoms with E-state index in [1.54, 1.807) is 0 Å². The van der Waals surface area contributed by atoms with Gasteiger partial charge in [0.2, 0.25) is 0 Å². The number of carboxylic acid groups (broad SMARTS) is 1. The monoisotopic (exact) mass is 255 g/mol. The lowest BCUT2D eigenvalue weighted by Crippen LogP contribution is -2.48. The lowest BCUT2D eigenvalue weighted by molar-refractivity contribution is -0.153. The Morgan fingerprint density at radius 3 is 2.94 bits per heavy atom. The fourth-order valence-corrected chi connectivity index (χ4v) is 3.23. The van der Waals surface area contributed by atoms with Gasteiger partial charge in [0.25, 0.3) is 0 Å². The highest BCUT2D eigenvalue weighted by atomic mass is 16.5. The van der Waals surface area contributed by atoms with Gasteiger partial charge in [-0.2, -0.15) is 0 Å². The Bertz CT molecular complexity index is 289. The summed E-state index contributed by atoms with van der Waals surface area (Å²) in [5.74, 6) is -0.619. The van der Waals surface area contributed by atoms with Gasteiger partial charge in [-0.05, 0) is 45.1 Å². The van der Waals surface area contributed by atoms with Crippen molar-refractivity contribution in [2.75, 3.05) is 26.2 Å². The normalized spacial score (nSPS) is 33.7. The molecule has 0 amide bonds. The molecule has 4 nitrogen and oxygen atoms in total. The molecule has 2 aliphatic heterocycles. The highest BCUT2D eigenvalue weighted by Crippen LogP contribution is 2.33. The Morgan fingerprint density at radius 2 is 2.33 bits per heavy atom. The van der Waals surface area contributed by atoms with Crippen LogP contribution in [0.3, 0.4) is 0 Å². The van der Waals surface area contributed by atoms with Gasteiger partial charge in [-0.25, -0.2) is 0 Å². The minimum absolute atomic E-state index is 0.410. The molecule has 0 saturated carbocycles. The van der Waals surface area contributed by atoms with Crippen LogP contribution in [-0.4, -0.2) is 48.3 Å². The van der Waals surface area contributed by atoms with Crippen molar-refractivity contribution in [3.05, 3.63) is 0 Å². The molecule has 2 aliphatic rings. The van der Waals surface area contributed by atoms with Gasteiger partial charge in [-0.3, -0.25) is 4.79 Å². The maximum Gasteiger partial charge on any atom is 0.310 e. The summed E-state index contributed by atoms with van der Waals surface area (Å²) >= 11 is 0. The first-order valence-electron chi connectivity index (χ1n) is 7.24. The van der Waals surface area contributed by atoms with Crippen molar-refractivity contribution in [3.63, 3.8) is 0 Å². The van der Waals surface area contributed by atoms with E-state index in [1.165, 1.54) is 12.8 Å². The van der Waals surface area contributed by atoms with E-state index in [0.717, 1.165) is 45.4 Å². The molecule has 0 aromatic carbocycles. The van der Waals surface area contributed by atoms with Crippen LogP contribution in [0.1, 0.15) is 45.4 Å². The molecule has 2 heterocycles. The average Bonchev–Trinajstić information content (AvgIpc) is 2.89. The van der Waals surface area contributed by atoms with E-state index in [0.29, 0.717) is 12.6 Å². The van der Waals surface area contributed by atoms with Crippen LogP contribution in [0.15, 0.2) is 0 Å². The molecule has 2 unspecified atom stereocenters. The average molecular weight is 255 g/mol. The Kier molecular flexibility index (Phi) is 4.62. The zero-order valence-electron chi connectivity index (χ0n) is 11.4. The zero-order valence-corrected chi connectivity index (χ0v) is 11.4. The highest BCUT2D eigenvalue weighted by Gasteiger charge is 2.40. The molecule has 0 bridgehead atoms. The van der Waals surface area contributed by atoms with Crippen molar-refractivity contribution in [1.82, 2.24) is 4.90 Å². The third-order valence-electron chi connectivity index (χ3n) is 4.58. The molecule has 2 atom stereocenters. The van der Waals surface area contributed by atoms with E-state index in [2.05, 4.69) is 4.90 Å². The largest absolute Gasteiger partial charge is 0.481 e. The number of ether oxygens (including phenoxy) is 1. The van der Waals surface area contributed by atoms with E-state index in [4.69, 9.17) is 4.74 Å². The van der Waals surface area contributed by atoms with Crippen LogP contribution in [0.5, 0.6) is 0 Å². The fraction of sp³-hybridized carbons (Fsp3) is 0.929. The molecule has 2 saturated heterocycles. The maximum atomic E-state index is 11.5. The Labute approximate surface area is 109 Å². The Balaban J connectivity index is 1.83. The number of rotatable bonds is 5. The summed E-state index contributed by atoms with van der Waals surface area (Å²) in [6, 6.07) is 0. The van der Waals surface area contributed by atoms with Crippen molar-refractivity contribution < 1.29 is 14.6 Å². The number of hydrogen-bond donors (Lipinski definition) is 1. The van der Waals surface area contributed by atoms with Crippen LogP contribution in [0.2, 0.25) is 0 Å². The van der Waals surface area contributed by atoms with Crippen LogP contribution < -0.4 is 0 Å². The van der Waals surface area contributed by atoms with Crippen molar-refractivity contribution in [1.29, 1.82) is 0 Å². The summed E-state index contributed by atoms with van der Waals surface area (Å²) < 4.78 is 5.63. The van der Waals surface area contributed by atoms with Gasteiger partial charge in [0.15, 0.2) is 0 Å². The molecule has 104 valence electrons. The van der Waals surface area contributed by atoms with Crippen molar-refractivity contribution >= 4 is 5.97 Å². The highest BCUT2D eigenvalue weighted by molar-refractivity contribution is 5.75. The molecular weight excluding hydrogens is 230 g/mol. The minimum Gasteiger partial charge on any atom is -0.481 e. The molecule has 1 N–H and O–H groups in total. The summed E-state index contributed by atoms with van der Waals surface area (Å²) in [5, 5.41) is 9.43. The second-order valence-electron chi connectivity index (χ2n) is 5.74. The first-order valence-corrected chi connectivity index (χ1v) is 7.24. The van der Waals surface area contributed by atoms with Gasteiger partial charge in [0.1, 0.15) is 0 Å². The van der Waals surface area contributed by atoms with Gasteiger partial charge in [-0.1, -0.05) is 6.92 Å². The predicted octanol–water partition coefficient (Wildman–Crippen LogP) is 2.13. The van der Waals surface area contributed by atoms with Gasteiger partial charge >= 0.3 is 5.97 Å². The van der Waals surface area contributed by atoms with Gasteiger partial charge < -0.3 is 14.7 Å². The van der Waals surface area contributed by atoms with E-state index in [9.17, 15) is 9.90 Å². The number of aliphatic carboxylic acids is 1. The van der Waals surface area contributed by atoms with Crippen LogP contribution in [0.4, 0.5) is 0 Å². The predicted molar refractivity (Wildman–Crippen MR) is 69.6 cm³/mol. The SMILES string of the molecule is CCC1(C(=O)O)CCCN(CCC2CCCO2)C1. The van der Waals surface area contributed by atoms with Gasteiger partial charge in [0, 0.05) is 19.7 Å². The van der Waals surface area contributed by atoms with E-state index < -0.39 is 11.4 Å². The molecule has 0 aromatic rings. The third-order valence-corrected chi connectivity index (χ3v) is 4.58. The standard InChI is InChI=1S/C14H25NO3/c1-2-14(13(16)17)7-4-8-15(11-14)9-6-12-5-3-10-18-12/h12H,2-11H2,1H3,(H,16,17). The van der Waals surface area contributed by atoms with Crippen molar-refractivity contribution in [2.45, 2.75) is 51.6 Å². The summed E-state index contributed by atoms with van der Waals surface area (Å²) in [5.41, 5.74) is -0.505. The lowest BCUT2D eigenvalue weighted by atomic mass is 9.77. The molecule has 0 aliphatic carbocycles. The number of carbonyl (C=O) groups is 1. The van der Waals surface area contributed by atoms with Crippen LogP contribution >= 0.6 is 0 Å². The van der Waals surface area contributed by atoms with Crippen LogP contribution in [0, 0.1) is 5.41 Å². The third kappa shape index (κ3) is 3.04. The maximum absolute atomic E-state index is 11.5. The summed E-state index contributed by atoms with van der Waals surface area (Å²) in [6.45, 7) is 5.64. The number of nitrogens with zero attached hydrogens (tertiary/aromatic N) is 1. The van der Waals surface area contributed by atoms with Crippen LogP contribution in [0.25, 0.3) is 0 Å². The van der Waals surface area contributed by atoms with Gasteiger partial charge in [0.05, 0.1) is 11.5 Å². The van der Waals surface area contributed by atoms with E-state index >= 15 is 0 Å². The van der Waals surface area contributed by atoms with Crippen LogP contribution in [-0.2, 0) is 9.53 Å². The molecule has 2 rings (SSSR count). The Hall–Kier alpha value is -0.610. The molecule has 18 heavy (non-hydrogen) atoms. The van der Waals surface area contributed by atoms with E-state index in [-0.39, 0.29) is 0 Å². The number of likely N-dealkylation sites (tertiary alicyclic amines) is 1. The topological polar surface area (TPSA) is 49.8 Å². The molecule has 2 fully saturated rings. The molecule has 4 heteroatoms. The molecular formula is C14H25NO3. The van der Waals surface area contributed by atoms with Crippen molar-refractivity contribution in [2.24, 2.45) is 5.41 Å². The number of piperidine rings is 1. The molecule has 0 aromatic heterocycles. The molecule has 0 radical (unpaired) electrons. The minimum atomic E-state index is -0.619. The summed E-state index contributed by atoms with van der Waals surface area (Å²) in [7, 11) is 0. The molecule has 0 spiro atoms. The first-order chi connectivity index (χ1) is 8.66. The summed E-state index contributed by atoms with van der Waals surface area (Å²) in [4.78, 5) is 13.8. The van der Waals surface area contributed by atoms with Crippen molar-refractivity contribution in [3.8, 4) is 0 Å². The summed E-state index contributed by atoms with van der Waals surface area (Å²) in [6.07, 6.45) is 6.39. The smallest absolute Gasteiger partial charge is 0.310 e. The second kappa shape index (κ2) is 6.02. The quantitative estimate of drug-likeness (QED) is 0.817. The Morgan fingerprint density at radius 1 is 1.50 bits per heavy atom. The second-order valence-corrected chi connectivity index (χ2v) is 5.74. The fourth-order valence-electron chi connectivity index (χ4n) is 3.23. The zero-order chi connectivity index (χ0) is 13.0. The van der Waals surface area contributed by atoms with E-state index in [1.807, 2.05) is 6.92 Å². The van der Waals surface area contributed by atoms with Gasteiger partial charge in [-0.15, -0.1) is 0 Å². The number of hydrogen-bond acceptors (Lipinski definition) is 3. The first kappa shape index (κ1) is 13.8. The lowest BCUT2D eigenvalue weighted by Gasteiger charge is -2.39.